The molecular formula is C11H17NO6. The predicted molar refractivity (Wildman–Crippen MR) is 58.9 cm³/mol. The number of rotatable bonds is 2. The molecule has 18 heavy (non-hydrogen) atoms. The Labute approximate surface area is 105 Å². The maximum Gasteiger partial charge on any atom is 0.331 e. The Morgan fingerprint density at radius 1 is 1.17 bits per heavy atom. The molecule has 0 saturated carbocycles. The van der Waals surface area contributed by atoms with Gasteiger partial charge in [0.2, 0.25) is 0 Å². The van der Waals surface area contributed by atoms with Gasteiger partial charge in [-0.15, -0.1) is 0 Å². The second-order valence-electron chi connectivity index (χ2n) is 4.08. The molecule has 2 unspecified atom stereocenters. The smallest absolute Gasteiger partial charge is 0.331 e. The summed E-state index contributed by atoms with van der Waals surface area (Å²) in [5.41, 5.74) is 0. The molecular weight excluding hydrogens is 242 g/mol. The predicted octanol–water partition coefficient (Wildman–Crippen LogP) is -1.20. The number of esters is 1. The maximum absolute atomic E-state index is 12.2. The fourth-order valence-corrected chi connectivity index (χ4v) is 2.01. The maximum atomic E-state index is 12.2. The van der Waals surface area contributed by atoms with Crippen LogP contribution in [-0.2, 0) is 28.5 Å². The van der Waals surface area contributed by atoms with E-state index in [2.05, 4.69) is 4.74 Å². The number of hydrogen-bond donors (Lipinski definition) is 0. The van der Waals surface area contributed by atoms with Crippen molar-refractivity contribution in [2.75, 3.05) is 46.7 Å². The highest BCUT2D eigenvalue weighted by atomic mass is 16.6. The van der Waals surface area contributed by atoms with Crippen LogP contribution in [-0.4, -0.2) is 75.6 Å². The lowest BCUT2D eigenvalue weighted by Crippen LogP contribution is -2.57. The average molecular weight is 259 g/mol. The first-order chi connectivity index (χ1) is 8.74. The van der Waals surface area contributed by atoms with Crippen LogP contribution in [0.4, 0.5) is 0 Å². The number of carbonyl (C=O) groups excluding carboxylic acids is 2. The molecule has 2 aliphatic heterocycles. The molecule has 0 aliphatic carbocycles. The van der Waals surface area contributed by atoms with E-state index in [9.17, 15) is 9.59 Å². The van der Waals surface area contributed by atoms with Gasteiger partial charge in [-0.05, 0) is 0 Å². The third kappa shape index (κ3) is 2.80. The van der Waals surface area contributed by atoms with Gasteiger partial charge in [-0.1, -0.05) is 0 Å². The van der Waals surface area contributed by atoms with Gasteiger partial charge in [0.1, 0.15) is 0 Å². The molecule has 0 radical (unpaired) electrons. The van der Waals surface area contributed by atoms with Gasteiger partial charge in [0.05, 0.1) is 40.1 Å². The van der Waals surface area contributed by atoms with Crippen molar-refractivity contribution >= 4 is 11.9 Å². The number of nitrogens with zero attached hydrogens (tertiary/aromatic N) is 1. The number of ether oxygens (including phenoxy) is 4. The minimum absolute atomic E-state index is 0.159. The molecule has 0 aromatic carbocycles. The van der Waals surface area contributed by atoms with E-state index in [0.717, 1.165) is 0 Å². The molecule has 0 spiro atoms. The summed E-state index contributed by atoms with van der Waals surface area (Å²) in [4.78, 5) is 25.3. The Kier molecular flexibility index (Phi) is 4.51. The van der Waals surface area contributed by atoms with Crippen LogP contribution in [0.25, 0.3) is 0 Å². The van der Waals surface area contributed by atoms with Crippen LogP contribution >= 0.6 is 0 Å². The zero-order valence-corrected chi connectivity index (χ0v) is 10.3. The van der Waals surface area contributed by atoms with Crippen molar-refractivity contribution in [3.8, 4) is 0 Å². The van der Waals surface area contributed by atoms with E-state index in [0.29, 0.717) is 26.4 Å². The first-order valence-electron chi connectivity index (χ1n) is 5.89. The van der Waals surface area contributed by atoms with Gasteiger partial charge in [-0.2, -0.15) is 0 Å². The van der Waals surface area contributed by atoms with Crippen molar-refractivity contribution in [2.45, 2.75) is 12.1 Å². The second-order valence-corrected chi connectivity index (χ2v) is 4.08. The number of morpholine rings is 1. The molecule has 0 aromatic rings. The second kappa shape index (κ2) is 6.12. The summed E-state index contributed by atoms with van der Waals surface area (Å²) >= 11 is 0. The quantitative estimate of drug-likeness (QED) is 0.580. The first kappa shape index (κ1) is 13.3. The summed E-state index contributed by atoms with van der Waals surface area (Å²) < 4.78 is 20.4. The summed E-state index contributed by atoms with van der Waals surface area (Å²) in [5.74, 6) is -0.715. The molecule has 0 aromatic heterocycles. The van der Waals surface area contributed by atoms with Crippen molar-refractivity contribution in [1.29, 1.82) is 0 Å². The SMILES string of the molecule is COC(=O)C1COCCN1C(=O)C1COCCO1. The van der Waals surface area contributed by atoms with E-state index in [1.807, 2.05) is 0 Å². The summed E-state index contributed by atoms with van der Waals surface area (Å²) in [6.45, 7) is 2.04. The van der Waals surface area contributed by atoms with Crippen LogP contribution in [0.1, 0.15) is 0 Å². The highest BCUT2D eigenvalue weighted by molar-refractivity contribution is 5.87. The number of hydrogen-bond acceptors (Lipinski definition) is 6. The van der Waals surface area contributed by atoms with E-state index < -0.39 is 18.1 Å². The Hall–Kier alpha value is -1.18. The van der Waals surface area contributed by atoms with Crippen LogP contribution in [0.2, 0.25) is 0 Å². The molecule has 2 fully saturated rings. The zero-order chi connectivity index (χ0) is 13.0. The Bertz CT molecular complexity index is 315. The van der Waals surface area contributed by atoms with Gasteiger partial charge >= 0.3 is 5.97 Å². The molecule has 2 atom stereocenters. The van der Waals surface area contributed by atoms with Crippen LogP contribution in [0.3, 0.4) is 0 Å². The molecule has 2 heterocycles. The molecule has 0 N–H and O–H groups in total. The summed E-state index contributed by atoms with van der Waals surface area (Å²) in [6.07, 6.45) is -0.635. The van der Waals surface area contributed by atoms with Crippen molar-refractivity contribution in [3.63, 3.8) is 0 Å². The van der Waals surface area contributed by atoms with Gasteiger partial charge in [-0.3, -0.25) is 4.79 Å². The third-order valence-electron chi connectivity index (χ3n) is 2.98. The van der Waals surface area contributed by atoms with E-state index in [1.165, 1.54) is 12.0 Å². The molecule has 7 nitrogen and oxygen atoms in total. The van der Waals surface area contributed by atoms with Crippen LogP contribution in [0.15, 0.2) is 0 Å². The average Bonchev–Trinajstić information content (AvgIpc) is 2.46. The van der Waals surface area contributed by atoms with Crippen LogP contribution in [0, 0.1) is 0 Å². The fourth-order valence-electron chi connectivity index (χ4n) is 2.01. The number of carbonyl (C=O) groups is 2. The van der Waals surface area contributed by atoms with Gasteiger partial charge in [0.15, 0.2) is 12.1 Å². The molecule has 0 bridgehead atoms. The summed E-state index contributed by atoms with van der Waals surface area (Å²) in [5, 5.41) is 0. The monoisotopic (exact) mass is 259 g/mol. The van der Waals surface area contributed by atoms with Gasteiger partial charge in [-0.25, -0.2) is 4.79 Å². The highest BCUT2D eigenvalue weighted by Gasteiger charge is 2.37. The standard InChI is InChI=1S/C11H17NO6/c1-15-11(14)8-6-16-3-2-12(8)10(13)9-7-17-4-5-18-9/h8-9H,2-7H2,1H3. The topological polar surface area (TPSA) is 74.3 Å². The Morgan fingerprint density at radius 3 is 2.61 bits per heavy atom. The zero-order valence-electron chi connectivity index (χ0n) is 10.3. The third-order valence-corrected chi connectivity index (χ3v) is 2.98. The van der Waals surface area contributed by atoms with Gasteiger partial charge < -0.3 is 23.8 Å². The number of methoxy groups -OCH3 is 1. The molecule has 2 rings (SSSR count). The summed E-state index contributed by atoms with van der Waals surface area (Å²) in [6, 6.07) is -0.693. The molecule has 2 saturated heterocycles. The molecule has 2 aliphatic rings. The van der Waals surface area contributed by atoms with E-state index in [4.69, 9.17) is 14.2 Å². The normalized spacial score (nSPS) is 28.8. The lowest BCUT2D eigenvalue weighted by molar-refractivity contribution is -0.173. The van der Waals surface area contributed by atoms with Crippen molar-refractivity contribution < 1.29 is 28.5 Å². The van der Waals surface area contributed by atoms with E-state index in [1.54, 1.807) is 0 Å². The largest absolute Gasteiger partial charge is 0.467 e. The minimum Gasteiger partial charge on any atom is -0.467 e. The lowest BCUT2D eigenvalue weighted by atomic mass is 10.2. The first-order valence-corrected chi connectivity index (χ1v) is 5.89. The number of amides is 1. The van der Waals surface area contributed by atoms with Crippen molar-refractivity contribution in [1.82, 2.24) is 4.90 Å². The van der Waals surface area contributed by atoms with Gasteiger partial charge in [0, 0.05) is 6.54 Å². The van der Waals surface area contributed by atoms with E-state index >= 15 is 0 Å². The van der Waals surface area contributed by atoms with Crippen molar-refractivity contribution in [2.24, 2.45) is 0 Å². The van der Waals surface area contributed by atoms with Crippen molar-refractivity contribution in [3.05, 3.63) is 0 Å². The highest BCUT2D eigenvalue weighted by Crippen LogP contribution is 2.13. The van der Waals surface area contributed by atoms with Crippen LogP contribution in [0.5, 0.6) is 0 Å². The summed E-state index contributed by atoms with van der Waals surface area (Å²) in [7, 11) is 1.29. The molecule has 102 valence electrons. The van der Waals surface area contributed by atoms with E-state index in [-0.39, 0.29) is 19.1 Å². The molecule has 7 heteroatoms. The fraction of sp³-hybridized carbons (Fsp3) is 0.818. The van der Waals surface area contributed by atoms with Crippen LogP contribution < -0.4 is 0 Å². The lowest BCUT2D eigenvalue weighted by Gasteiger charge is -2.36. The Morgan fingerprint density at radius 2 is 1.94 bits per heavy atom. The molecule has 1 amide bonds. The van der Waals surface area contributed by atoms with Gasteiger partial charge in [0.25, 0.3) is 5.91 Å². The Balaban J connectivity index is 2.03. The minimum atomic E-state index is -0.693.